The van der Waals surface area contributed by atoms with Gasteiger partial charge in [-0.1, -0.05) is 12.1 Å². The van der Waals surface area contributed by atoms with Crippen molar-refractivity contribution in [3.63, 3.8) is 0 Å². The van der Waals surface area contributed by atoms with Crippen LogP contribution in [0.3, 0.4) is 0 Å². The van der Waals surface area contributed by atoms with Crippen molar-refractivity contribution in [1.82, 2.24) is 14.9 Å². The summed E-state index contributed by atoms with van der Waals surface area (Å²) in [5.41, 5.74) is 0.180. The van der Waals surface area contributed by atoms with Gasteiger partial charge in [0.25, 0.3) is 11.5 Å². The first-order valence-electron chi connectivity index (χ1n) is 10.4. The average Bonchev–Trinajstić information content (AvgIpc) is 2.67. The van der Waals surface area contributed by atoms with E-state index in [0.29, 0.717) is 10.9 Å². The Morgan fingerprint density at radius 2 is 1.76 bits per heavy atom. The Morgan fingerprint density at radius 3 is 2.45 bits per heavy atom. The third kappa shape index (κ3) is 3.54. The molecule has 0 aliphatic heterocycles. The first-order chi connectivity index (χ1) is 14.0. The number of esters is 1. The fraction of sp³-hybridized carbons (Fsp3) is 0.545. The monoisotopic (exact) mass is 395 g/mol. The van der Waals surface area contributed by atoms with Gasteiger partial charge in [-0.3, -0.25) is 19.0 Å². The molecule has 6 rings (SSSR count). The lowest BCUT2D eigenvalue weighted by Crippen LogP contribution is -2.60. The number of carbonyl (C=O) groups excluding carboxylic acids is 2. The summed E-state index contributed by atoms with van der Waals surface area (Å²) in [7, 11) is 0. The highest BCUT2D eigenvalue weighted by molar-refractivity contribution is 5.81. The fourth-order valence-electron chi connectivity index (χ4n) is 6.15. The summed E-state index contributed by atoms with van der Waals surface area (Å²) in [6.45, 7) is -0.572. The van der Waals surface area contributed by atoms with Crippen molar-refractivity contribution >= 4 is 22.8 Å². The molecule has 0 saturated heterocycles. The first kappa shape index (κ1) is 18.3. The molecule has 4 aliphatic rings. The van der Waals surface area contributed by atoms with Crippen molar-refractivity contribution in [3.8, 4) is 0 Å². The Morgan fingerprint density at radius 1 is 1.10 bits per heavy atom. The third-order valence-electron chi connectivity index (χ3n) is 6.84. The van der Waals surface area contributed by atoms with Crippen LogP contribution in [0.25, 0.3) is 10.9 Å². The van der Waals surface area contributed by atoms with Crippen LogP contribution >= 0.6 is 0 Å². The quantitative estimate of drug-likeness (QED) is 0.783. The molecule has 2 aromatic rings. The van der Waals surface area contributed by atoms with Gasteiger partial charge in [-0.15, -0.1) is 0 Å². The zero-order valence-corrected chi connectivity index (χ0v) is 16.3. The molecule has 29 heavy (non-hydrogen) atoms. The molecule has 7 nitrogen and oxygen atoms in total. The highest BCUT2D eigenvalue weighted by Crippen LogP contribution is 2.55. The fourth-order valence-corrected chi connectivity index (χ4v) is 6.15. The van der Waals surface area contributed by atoms with Gasteiger partial charge >= 0.3 is 5.97 Å². The second-order valence-electron chi connectivity index (χ2n) is 9.10. The molecule has 152 valence electrons. The Kier molecular flexibility index (Phi) is 4.41. The number of rotatable bonds is 5. The molecule has 0 unspecified atom stereocenters. The Labute approximate surface area is 168 Å². The summed E-state index contributed by atoms with van der Waals surface area (Å²) in [6.07, 6.45) is 8.40. The third-order valence-corrected chi connectivity index (χ3v) is 6.84. The number of ether oxygens (including phenoxy) is 1. The largest absolute Gasteiger partial charge is 0.454 e. The lowest BCUT2D eigenvalue weighted by atomic mass is 9.53. The summed E-state index contributed by atoms with van der Waals surface area (Å²) in [6, 6.07) is 6.97. The number of para-hydroxylation sites is 1. The molecule has 4 fully saturated rings. The normalized spacial score (nSPS) is 29.7. The van der Waals surface area contributed by atoms with E-state index in [1.807, 2.05) is 0 Å². The molecule has 1 aromatic carbocycles. The van der Waals surface area contributed by atoms with E-state index in [-0.39, 0.29) is 30.2 Å². The molecule has 7 heteroatoms. The van der Waals surface area contributed by atoms with Crippen LogP contribution in [-0.2, 0) is 20.9 Å². The maximum Gasteiger partial charge on any atom is 0.326 e. The number of hydrogen-bond acceptors (Lipinski definition) is 5. The Balaban J connectivity index is 1.18. The molecule has 1 heterocycles. The van der Waals surface area contributed by atoms with Crippen molar-refractivity contribution in [3.05, 3.63) is 40.9 Å². The van der Waals surface area contributed by atoms with E-state index >= 15 is 0 Å². The summed E-state index contributed by atoms with van der Waals surface area (Å²) in [4.78, 5) is 41.3. The summed E-state index contributed by atoms with van der Waals surface area (Å²) in [5.74, 6) is 1.33. The second-order valence-corrected chi connectivity index (χ2v) is 9.10. The Hall–Kier alpha value is -2.70. The predicted octanol–water partition coefficient (Wildman–Crippen LogP) is 2.02. The zero-order chi connectivity index (χ0) is 20.0. The summed E-state index contributed by atoms with van der Waals surface area (Å²) >= 11 is 0. The van der Waals surface area contributed by atoms with Crippen LogP contribution in [0.5, 0.6) is 0 Å². The number of nitrogens with one attached hydrogen (secondary N) is 1. The van der Waals surface area contributed by atoms with Gasteiger partial charge < -0.3 is 10.1 Å². The lowest BCUT2D eigenvalue weighted by molar-refractivity contribution is -0.150. The van der Waals surface area contributed by atoms with Gasteiger partial charge in [0.2, 0.25) is 0 Å². The number of amides is 1. The maximum absolute atomic E-state index is 12.5. The van der Waals surface area contributed by atoms with Crippen LogP contribution < -0.4 is 10.9 Å². The summed E-state index contributed by atoms with van der Waals surface area (Å²) in [5, 5.41) is 3.63. The van der Waals surface area contributed by atoms with Gasteiger partial charge in [0, 0.05) is 5.54 Å². The standard InChI is InChI=1S/C22H25N3O4/c26-19(24-22-8-14-5-15(9-22)7-16(6-14)10-22)12-29-20(27)11-25-13-23-18-4-2-1-3-17(18)21(25)28/h1-4,13-16H,5-12H2,(H,24,26). The van der Waals surface area contributed by atoms with Crippen molar-refractivity contribution in [1.29, 1.82) is 0 Å². The van der Waals surface area contributed by atoms with Gasteiger partial charge in [0.05, 0.1) is 17.2 Å². The van der Waals surface area contributed by atoms with E-state index in [4.69, 9.17) is 4.74 Å². The van der Waals surface area contributed by atoms with Crippen LogP contribution in [0.15, 0.2) is 35.4 Å². The molecule has 1 amide bonds. The van der Waals surface area contributed by atoms with Crippen LogP contribution in [0.1, 0.15) is 38.5 Å². The van der Waals surface area contributed by atoms with E-state index in [1.54, 1.807) is 24.3 Å². The number of nitrogens with zero attached hydrogens (tertiary/aromatic N) is 2. The molecule has 4 aliphatic carbocycles. The van der Waals surface area contributed by atoms with Crippen LogP contribution in [0.4, 0.5) is 0 Å². The molecule has 1 aromatic heterocycles. The Bertz CT molecular complexity index is 993. The van der Waals surface area contributed by atoms with E-state index in [1.165, 1.54) is 30.2 Å². The predicted molar refractivity (Wildman–Crippen MR) is 106 cm³/mol. The van der Waals surface area contributed by atoms with Gasteiger partial charge in [-0.05, 0) is 68.4 Å². The van der Waals surface area contributed by atoms with E-state index in [2.05, 4.69) is 10.3 Å². The number of carbonyl (C=O) groups is 2. The maximum atomic E-state index is 12.5. The topological polar surface area (TPSA) is 90.3 Å². The average molecular weight is 395 g/mol. The van der Waals surface area contributed by atoms with Crippen LogP contribution in [0.2, 0.25) is 0 Å². The first-order valence-corrected chi connectivity index (χ1v) is 10.4. The minimum atomic E-state index is -0.621. The highest BCUT2D eigenvalue weighted by atomic mass is 16.5. The number of hydrogen-bond donors (Lipinski definition) is 1. The SMILES string of the molecule is O=C(COC(=O)Cn1cnc2ccccc2c1=O)NC12CC3CC(CC(C3)C1)C2. The molecule has 4 saturated carbocycles. The number of benzene rings is 1. The molecular weight excluding hydrogens is 370 g/mol. The van der Waals surface area contributed by atoms with E-state index in [0.717, 1.165) is 37.0 Å². The van der Waals surface area contributed by atoms with Gasteiger partial charge in [-0.2, -0.15) is 0 Å². The van der Waals surface area contributed by atoms with E-state index < -0.39 is 5.97 Å². The van der Waals surface area contributed by atoms with Gasteiger partial charge in [0.15, 0.2) is 6.61 Å². The molecule has 4 bridgehead atoms. The smallest absolute Gasteiger partial charge is 0.326 e. The van der Waals surface area contributed by atoms with Gasteiger partial charge in [0.1, 0.15) is 6.54 Å². The molecular formula is C22H25N3O4. The van der Waals surface area contributed by atoms with Crippen LogP contribution in [0, 0.1) is 17.8 Å². The van der Waals surface area contributed by atoms with Gasteiger partial charge in [-0.25, -0.2) is 4.98 Å². The highest BCUT2D eigenvalue weighted by Gasteiger charge is 2.51. The molecule has 0 spiro atoms. The zero-order valence-electron chi connectivity index (χ0n) is 16.3. The minimum Gasteiger partial charge on any atom is -0.454 e. The van der Waals surface area contributed by atoms with Crippen molar-refractivity contribution in [2.45, 2.75) is 50.6 Å². The second kappa shape index (κ2) is 6.97. The van der Waals surface area contributed by atoms with Crippen molar-refractivity contribution in [2.24, 2.45) is 17.8 Å². The number of fused-ring (bicyclic) bond motifs is 1. The molecule has 0 atom stereocenters. The summed E-state index contributed by atoms with van der Waals surface area (Å²) < 4.78 is 6.36. The molecule has 0 radical (unpaired) electrons. The van der Waals surface area contributed by atoms with Crippen LogP contribution in [-0.4, -0.2) is 33.6 Å². The minimum absolute atomic E-state index is 0.0998. The lowest BCUT2D eigenvalue weighted by Gasteiger charge is -2.56. The molecule has 1 N–H and O–H groups in total. The van der Waals surface area contributed by atoms with Crippen molar-refractivity contribution in [2.75, 3.05) is 6.61 Å². The van der Waals surface area contributed by atoms with E-state index in [9.17, 15) is 14.4 Å². The number of aromatic nitrogens is 2. The van der Waals surface area contributed by atoms with Crippen molar-refractivity contribution < 1.29 is 14.3 Å².